The number of primary sulfonamides is 1. The molecule has 6 nitrogen and oxygen atoms in total. The number of sulfonamides is 1. The summed E-state index contributed by atoms with van der Waals surface area (Å²) in [7, 11) is -2.10. The van der Waals surface area contributed by atoms with Crippen molar-refractivity contribution in [1.29, 1.82) is 0 Å². The van der Waals surface area contributed by atoms with Gasteiger partial charge in [-0.2, -0.15) is 0 Å². The van der Waals surface area contributed by atoms with Crippen molar-refractivity contribution in [2.75, 3.05) is 13.6 Å². The van der Waals surface area contributed by atoms with E-state index < -0.39 is 10.0 Å². The van der Waals surface area contributed by atoms with Crippen molar-refractivity contribution in [2.45, 2.75) is 11.3 Å². The third-order valence-corrected chi connectivity index (χ3v) is 3.11. The molecule has 0 aromatic heterocycles. The van der Waals surface area contributed by atoms with Gasteiger partial charge in [0.15, 0.2) is 0 Å². The van der Waals surface area contributed by atoms with E-state index in [0.717, 1.165) is 5.56 Å². The number of carbonyl (C=O) groups is 1. The third kappa shape index (κ3) is 4.41. The maximum atomic E-state index is 11.0. The molecular formula is C10H15N3O3S. The van der Waals surface area contributed by atoms with Gasteiger partial charge < -0.3 is 10.6 Å². The largest absolute Gasteiger partial charge is 0.341 e. The van der Waals surface area contributed by atoms with Gasteiger partial charge in [-0.3, -0.25) is 0 Å². The highest BCUT2D eigenvalue weighted by Crippen LogP contribution is 2.08. The second kappa shape index (κ2) is 5.65. The van der Waals surface area contributed by atoms with Crippen LogP contribution in [0.15, 0.2) is 29.2 Å². The Morgan fingerprint density at radius 1 is 1.29 bits per heavy atom. The molecule has 0 saturated heterocycles. The molecule has 1 aromatic carbocycles. The van der Waals surface area contributed by atoms with E-state index in [4.69, 9.17) is 5.14 Å². The van der Waals surface area contributed by atoms with Crippen molar-refractivity contribution in [3.05, 3.63) is 29.8 Å². The summed E-state index contributed by atoms with van der Waals surface area (Å²) in [4.78, 5) is 11.0. The first kappa shape index (κ1) is 13.5. The van der Waals surface area contributed by atoms with Gasteiger partial charge in [-0.1, -0.05) is 12.1 Å². The number of carbonyl (C=O) groups excluding carboxylic acids is 1. The van der Waals surface area contributed by atoms with Crippen LogP contribution in [0.3, 0.4) is 0 Å². The van der Waals surface area contributed by atoms with Crippen molar-refractivity contribution in [3.8, 4) is 0 Å². The van der Waals surface area contributed by atoms with E-state index in [1.165, 1.54) is 19.2 Å². The van der Waals surface area contributed by atoms with E-state index in [9.17, 15) is 13.2 Å². The standard InChI is InChI=1S/C10H15N3O3S/c1-12-10(14)13-7-6-8-2-4-9(5-3-8)17(11,15)16/h2-5H,6-7H2,1H3,(H2,11,15,16)(H2,12,13,14). The topological polar surface area (TPSA) is 101 Å². The Bertz CT molecular complexity index is 482. The Morgan fingerprint density at radius 3 is 2.35 bits per heavy atom. The van der Waals surface area contributed by atoms with Crippen LogP contribution in [0.2, 0.25) is 0 Å². The number of hydrogen-bond donors (Lipinski definition) is 3. The Hall–Kier alpha value is -1.60. The Morgan fingerprint density at radius 2 is 1.88 bits per heavy atom. The fourth-order valence-corrected chi connectivity index (χ4v) is 1.77. The van der Waals surface area contributed by atoms with Gasteiger partial charge in [-0.15, -0.1) is 0 Å². The van der Waals surface area contributed by atoms with Crippen LogP contribution in [0.25, 0.3) is 0 Å². The number of hydrogen-bond acceptors (Lipinski definition) is 3. The molecule has 1 rings (SSSR count). The van der Waals surface area contributed by atoms with E-state index in [1.807, 2.05) is 0 Å². The van der Waals surface area contributed by atoms with E-state index in [-0.39, 0.29) is 10.9 Å². The molecule has 1 aromatic rings. The molecule has 17 heavy (non-hydrogen) atoms. The van der Waals surface area contributed by atoms with Gasteiger partial charge in [0.05, 0.1) is 4.90 Å². The zero-order valence-corrected chi connectivity index (χ0v) is 10.3. The maximum Gasteiger partial charge on any atom is 0.314 e. The second-order valence-electron chi connectivity index (χ2n) is 3.44. The second-order valence-corrected chi connectivity index (χ2v) is 5.01. The van der Waals surface area contributed by atoms with Gasteiger partial charge in [-0.25, -0.2) is 18.4 Å². The molecule has 0 spiro atoms. The van der Waals surface area contributed by atoms with Gasteiger partial charge in [0.2, 0.25) is 10.0 Å². The number of nitrogens with two attached hydrogens (primary N) is 1. The predicted molar refractivity (Wildman–Crippen MR) is 64.0 cm³/mol. The molecule has 0 fully saturated rings. The van der Waals surface area contributed by atoms with Crippen LogP contribution in [0.1, 0.15) is 5.56 Å². The van der Waals surface area contributed by atoms with Crippen LogP contribution in [0.4, 0.5) is 4.79 Å². The summed E-state index contributed by atoms with van der Waals surface area (Å²) in [6.45, 7) is 0.481. The highest BCUT2D eigenvalue weighted by atomic mass is 32.2. The van der Waals surface area contributed by atoms with Crippen molar-refractivity contribution >= 4 is 16.1 Å². The number of urea groups is 1. The molecule has 0 unspecified atom stereocenters. The van der Waals surface area contributed by atoms with Crippen LogP contribution in [-0.2, 0) is 16.4 Å². The lowest BCUT2D eigenvalue weighted by atomic mass is 10.1. The molecule has 0 aliphatic rings. The molecule has 7 heteroatoms. The number of benzene rings is 1. The van der Waals surface area contributed by atoms with Gasteiger partial charge in [0, 0.05) is 13.6 Å². The van der Waals surface area contributed by atoms with Gasteiger partial charge in [-0.05, 0) is 24.1 Å². The summed E-state index contributed by atoms with van der Waals surface area (Å²) in [5, 5.41) is 10.0. The van der Waals surface area contributed by atoms with Crippen LogP contribution in [-0.4, -0.2) is 28.0 Å². The normalized spacial score (nSPS) is 10.9. The molecule has 94 valence electrons. The number of amides is 2. The number of rotatable bonds is 4. The summed E-state index contributed by atoms with van der Waals surface area (Å²) in [5.74, 6) is 0. The lowest BCUT2D eigenvalue weighted by Gasteiger charge is -2.05. The zero-order chi connectivity index (χ0) is 12.9. The molecule has 4 N–H and O–H groups in total. The highest BCUT2D eigenvalue weighted by molar-refractivity contribution is 7.89. The summed E-state index contributed by atoms with van der Waals surface area (Å²) >= 11 is 0. The lowest BCUT2D eigenvalue weighted by Crippen LogP contribution is -2.33. The minimum atomic E-state index is -3.64. The Balaban J connectivity index is 2.55. The molecule has 0 aliphatic carbocycles. The van der Waals surface area contributed by atoms with Crippen LogP contribution < -0.4 is 15.8 Å². The van der Waals surface area contributed by atoms with Crippen molar-refractivity contribution in [1.82, 2.24) is 10.6 Å². The molecule has 0 heterocycles. The van der Waals surface area contributed by atoms with Crippen molar-refractivity contribution in [3.63, 3.8) is 0 Å². The monoisotopic (exact) mass is 257 g/mol. The average Bonchev–Trinajstić information content (AvgIpc) is 2.28. The molecule has 0 aliphatic heterocycles. The average molecular weight is 257 g/mol. The quantitative estimate of drug-likeness (QED) is 0.696. The summed E-state index contributed by atoms with van der Waals surface area (Å²) in [5.41, 5.74) is 0.925. The first-order valence-electron chi connectivity index (χ1n) is 5.01. The lowest BCUT2D eigenvalue weighted by molar-refractivity contribution is 0.243. The van der Waals surface area contributed by atoms with Crippen LogP contribution in [0.5, 0.6) is 0 Å². The molecular weight excluding hydrogens is 242 g/mol. The molecule has 0 atom stereocenters. The van der Waals surface area contributed by atoms with Gasteiger partial charge in [0.1, 0.15) is 0 Å². The Kier molecular flexibility index (Phi) is 4.47. The van der Waals surface area contributed by atoms with E-state index in [1.54, 1.807) is 12.1 Å². The molecule has 0 radical (unpaired) electrons. The summed E-state index contributed by atoms with van der Waals surface area (Å²) in [6, 6.07) is 6.00. The summed E-state index contributed by atoms with van der Waals surface area (Å²) < 4.78 is 22.0. The molecule has 2 amide bonds. The minimum Gasteiger partial charge on any atom is -0.341 e. The molecule has 0 bridgehead atoms. The maximum absolute atomic E-state index is 11.0. The first-order chi connectivity index (χ1) is 7.93. The van der Waals surface area contributed by atoms with E-state index >= 15 is 0 Å². The molecule has 0 saturated carbocycles. The van der Waals surface area contributed by atoms with Crippen LogP contribution in [0, 0.1) is 0 Å². The summed E-state index contributed by atoms with van der Waals surface area (Å²) in [6.07, 6.45) is 0.623. The predicted octanol–water partition coefficient (Wildman–Crippen LogP) is -0.194. The fourth-order valence-electron chi connectivity index (χ4n) is 1.25. The zero-order valence-electron chi connectivity index (χ0n) is 9.43. The van der Waals surface area contributed by atoms with E-state index in [2.05, 4.69) is 10.6 Å². The van der Waals surface area contributed by atoms with Gasteiger partial charge in [0.25, 0.3) is 0 Å². The van der Waals surface area contributed by atoms with Gasteiger partial charge >= 0.3 is 6.03 Å². The van der Waals surface area contributed by atoms with Crippen LogP contribution >= 0.6 is 0 Å². The first-order valence-corrected chi connectivity index (χ1v) is 6.55. The van der Waals surface area contributed by atoms with Crippen molar-refractivity contribution in [2.24, 2.45) is 5.14 Å². The Labute approximate surface area is 100 Å². The number of nitrogens with one attached hydrogen (secondary N) is 2. The SMILES string of the molecule is CNC(=O)NCCc1ccc(S(N)(=O)=O)cc1. The smallest absolute Gasteiger partial charge is 0.314 e. The minimum absolute atomic E-state index is 0.0838. The van der Waals surface area contributed by atoms with Crippen molar-refractivity contribution < 1.29 is 13.2 Å². The third-order valence-electron chi connectivity index (χ3n) is 2.18. The highest BCUT2D eigenvalue weighted by Gasteiger charge is 2.06. The van der Waals surface area contributed by atoms with E-state index in [0.29, 0.717) is 13.0 Å². The fraction of sp³-hybridized carbons (Fsp3) is 0.300.